The fraction of sp³-hybridized carbons (Fsp3) is 0.462. The van der Waals surface area contributed by atoms with Crippen molar-refractivity contribution in [3.05, 3.63) is 35.9 Å². The Hall–Kier alpha value is -1.35. The van der Waals surface area contributed by atoms with Crippen LogP contribution in [0.2, 0.25) is 0 Å². The van der Waals surface area contributed by atoms with Crippen molar-refractivity contribution in [2.75, 3.05) is 6.54 Å². The topological polar surface area (TPSA) is 40.5 Å². The molecular weight excluding hydrogens is 202 g/mol. The zero-order valence-corrected chi connectivity index (χ0v) is 9.47. The highest BCUT2D eigenvalue weighted by molar-refractivity contribution is 5.79. The smallest absolute Gasteiger partial charge is 0.225 e. The predicted octanol–water partition coefficient (Wildman–Crippen LogP) is 1.73. The lowest BCUT2D eigenvalue weighted by atomic mass is 10.0. The molecular formula is C13H17NO2. The summed E-state index contributed by atoms with van der Waals surface area (Å²) in [6.07, 6.45) is 0.650. The van der Waals surface area contributed by atoms with Crippen molar-refractivity contribution in [1.29, 1.82) is 0 Å². The normalized spacial score (nSPS) is 22.5. The molecule has 16 heavy (non-hydrogen) atoms. The maximum Gasteiger partial charge on any atom is 0.225 e. The van der Waals surface area contributed by atoms with Crippen molar-refractivity contribution in [1.82, 2.24) is 4.90 Å². The Balaban J connectivity index is 2.20. The van der Waals surface area contributed by atoms with Gasteiger partial charge in [0.15, 0.2) is 0 Å². The summed E-state index contributed by atoms with van der Waals surface area (Å²) in [5.74, 6) is 0.0585. The largest absolute Gasteiger partial charge is 0.391 e. The number of β-amino-alcohol motifs (C(OH)–C–C–N with tert-alkyl or cyclic N) is 1. The van der Waals surface area contributed by atoms with Crippen molar-refractivity contribution < 1.29 is 9.90 Å². The molecule has 1 saturated heterocycles. The standard InChI is InChI=1S/C13H17NO2/c1-2-12(10-6-4-3-5-7-10)14-9-11(15)8-13(14)16/h3-7,11-12,15H,2,8-9H2,1H3/t11?,12-/m0/s1. The lowest BCUT2D eigenvalue weighted by Gasteiger charge is -2.27. The fourth-order valence-corrected chi connectivity index (χ4v) is 2.32. The summed E-state index contributed by atoms with van der Waals surface area (Å²) in [6.45, 7) is 2.53. The molecule has 0 spiro atoms. The minimum absolute atomic E-state index is 0.0585. The molecule has 0 radical (unpaired) electrons. The first-order valence-corrected chi connectivity index (χ1v) is 5.75. The molecule has 1 aromatic rings. The van der Waals surface area contributed by atoms with Crippen LogP contribution in [-0.4, -0.2) is 28.6 Å². The molecule has 2 atom stereocenters. The lowest BCUT2D eigenvalue weighted by molar-refractivity contribution is -0.129. The van der Waals surface area contributed by atoms with E-state index in [1.54, 1.807) is 4.90 Å². The number of hydrogen-bond acceptors (Lipinski definition) is 2. The van der Waals surface area contributed by atoms with Gasteiger partial charge >= 0.3 is 0 Å². The first-order valence-electron chi connectivity index (χ1n) is 5.75. The van der Waals surface area contributed by atoms with E-state index in [0.29, 0.717) is 6.54 Å². The van der Waals surface area contributed by atoms with Crippen LogP contribution in [0.25, 0.3) is 0 Å². The number of likely N-dealkylation sites (tertiary alicyclic amines) is 1. The molecule has 3 nitrogen and oxygen atoms in total. The lowest BCUT2D eigenvalue weighted by Crippen LogP contribution is -2.30. The van der Waals surface area contributed by atoms with Crippen LogP contribution in [0, 0.1) is 0 Å². The molecule has 1 N–H and O–H groups in total. The summed E-state index contributed by atoms with van der Waals surface area (Å²) in [6, 6.07) is 10.1. The summed E-state index contributed by atoms with van der Waals surface area (Å²) in [4.78, 5) is 13.5. The van der Waals surface area contributed by atoms with Crippen molar-refractivity contribution >= 4 is 5.91 Å². The van der Waals surface area contributed by atoms with Gasteiger partial charge < -0.3 is 10.0 Å². The van der Waals surface area contributed by atoms with Crippen molar-refractivity contribution in [2.45, 2.75) is 31.9 Å². The van der Waals surface area contributed by atoms with Gasteiger partial charge in [-0.05, 0) is 12.0 Å². The molecule has 0 bridgehead atoms. The highest BCUT2D eigenvalue weighted by Crippen LogP contribution is 2.28. The molecule has 3 heteroatoms. The quantitative estimate of drug-likeness (QED) is 0.841. The van der Waals surface area contributed by atoms with E-state index in [4.69, 9.17) is 0 Å². The number of carbonyl (C=O) groups is 1. The summed E-state index contributed by atoms with van der Waals surface area (Å²) < 4.78 is 0. The molecule has 1 aromatic carbocycles. The molecule has 1 aliphatic heterocycles. The van der Waals surface area contributed by atoms with Crippen LogP contribution in [-0.2, 0) is 4.79 Å². The van der Waals surface area contributed by atoms with Crippen LogP contribution in [0.4, 0.5) is 0 Å². The third-order valence-electron chi connectivity index (χ3n) is 3.09. The molecule has 1 aliphatic rings. The van der Waals surface area contributed by atoms with E-state index < -0.39 is 6.10 Å². The second kappa shape index (κ2) is 4.66. The molecule has 1 heterocycles. The number of aliphatic hydroxyl groups excluding tert-OH is 1. The van der Waals surface area contributed by atoms with Crippen molar-refractivity contribution in [3.8, 4) is 0 Å². The van der Waals surface area contributed by atoms with E-state index in [0.717, 1.165) is 12.0 Å². The van der Waals surface area contributed by atoms with Crippen LogP contribution in [0.3, 0.4) is 0 Å². The van der Waals surface area contributed by atoms with E-state index >= 15 is 0 Å². The van der Waals surface area contributed by atoms with Crippen LogP contribution in [0.1, 0.15) is 31.4 Å². The molecule has 86 valence electrons. The minimum Gasteiger partial charge on any atom is -0.391 e. The Bertz CT molecular complexity index is 363. The molecule has 1 unspecified atom stereocenters. The number of benzene rings is 1. The van der Waals surface area contributed by atoms with E-state index in [1.165, 1.54) is 0 Å². The first-order chi connectivity index (χ1) is 7.72. The van der Waals surface area contributed by atoms with Gasteiger partial charge in [-0.2, -0.15) is 0 Å². The van der Waals surface area contributed by atoms with Gasteiger partial charge in [-0.25, -0.2) is 0 Å². The van der Waals surface area contributed by atoms with Crippen LogP contribution < -0.4 is 0 Å². The number of carbonyl (C=O) groups excluding carboxylic acids is 1. The monoisotopic (exact) mass is 219 g/mol. The van der Waals surface area contributed by atoms with Gasteiger partial charge in [0.25, 0.3) is 0 Å². The van der Waals surface area contributed by atoms with Gasteiger partial charge in [0.2, 0.25) is 5.91 Å². The summed E-state index contributed by atoms with van der Waals surface area (Å²) in [5, 5.41) is 9.50. The van der Waals surface area contributed by atoms with Crippen molar-refractivity contribution in [3.63, 3.8) is 0 Å². The molecule has 1 fully saturated rings. The zero-order valence-electron chi connectivity index (χ0n) is 9.47. The SMILES string of the molecule is CC[C@@H](c1ccccc1)N1CC(O)CC1=O. The highest BCUT2D eigenvalue weighted by atomic mass is 16.3. The second-order valence-corrected chi connectivity index (χ2v) is 4.24. The average Bonchev–Trinajstić information content (AvgIpc) is 2.61. The first kappa shape index (κ1) is 11.1. The average molecular weight is 219 g/mol. The number of aliphatic hydroxyl groups is 1. The van der Waals surface area contributed by atoms with Crippen LogP contribution in [0.5, 0.6) is 0 Å². The number of rotatable bonds is 3. The van der Waals surface area contributed by atoms with E-state index in [-0.39, 0.29) is 18.4 Å². The maximum absolute atomic E-state index is 11.7. The number of amides is 1. The van der Waals surface area contributed by atoms with Crippen molar-refractivity contribution in [2.24, 2.45) is 0 Å². The van der Waals surface area contributed by atoms with Gasteiger partial charge in [0, 0.05) is 6.54 Å². The molecule has 0 aromatic heterocycles. The molecule has 0 aliphatic carbocycles. The third-order valence-corrected chi connectivity index (χ3v) is 3.09. The molecule has 2 rings (SSSR count). The Kier molecular flexibility index (Phi) is 3.25. The highest BCUT2D eigenvalue weighted by Gasteiger charge is 2.32. The Labute approximate surface area is 95.7 Å². The van der Waals surface area contributed by atoms with Crippen LogP contribution in [0.15, 0.2) is 30.3 Å². The number of nitrogens with zero attached hydrogens (tertiary/aromatic N) is 1. The van der Waals surface area contributed by atoms with E-state index in [2.05, 4.69) is 6.92 Å². The molecule has 0 saturated carbocycles. The van der Waals surface area contributed by atoms with Crippen LogP contribution >= 0.6 is 0 Å². The molecule has 1 amide bonds. The summed E-state index contributed by atoms with van der Waals surface area (Å²) in [7, 11) is 0. The van der Waals surface area contributed by atoms with Gasteiger partial charge in [-0.3, -0.25) is 4.79 Å². The van der Waals surface area contributed by atoms with Gasteiger partial charge in [-0.15, -0.1) is 0 Å². The summed E-state index contributed by atoms with van der Waals surface area (Å²) in [5.41, 5.74) is 1.15. The maximum atomic E-state index is 11.7. The summed E-state index contributed by atoms with van der Waals surface area (Å²) >= 11 is 0. The fourth-order valence-electron chi connectivity index (χ4n) is 2.32. The van der Waals surface area contributed by atoms with Gasteiger partial charge in [0.1, 0.15) is 0 Å². The third kappa shape index (κ3) is 2.09. The number of hydrogen-bond donors (Lipinski definition) is 1. The Morgan fingerprint density at radius 3 is 2.62 bits per heavy atom. The zero-order chi connectivity index (χ0) is 11.5. The Morgan fingerprint density at radius 2 is 2.12 bits per heavy atom. The predicted molar refractivity (Wildman–Crippen MR) is 61.8 cm³/mol. The minimum atomic E-state index is -0.495. The van der Waals surface area contributed by atoms with E-state index in [9.17, 15) is 9.90 Å². The van der Waals surface area contributed by atoms with Gasteiger partial charge in [-0.1, -0.05) is 37.3 Å². The second-order valence-electron chi connectivity index (χ2n) is 4.24. The van der Waals surface area contributed by atoms with Gasteiger partial charge in [0.05, 0.1) is 18.6 Å². The van der Waals surface area contributed by atoms with E-state index in [1.807, 2.05) is 30.3 Å². The Morgan fingerprint density at radius 1 is 1.44 bits per heavy atom.